The molecular formula is C25H28N4O3. The molecule has 1 fully saturated rings. The van der Waals surface area contributed by atoms with Crippen LogP contribution in [0.2, 0.25) is 0 Å². The Bertz CT molecular complexity index is 1090. The van der Waals surface area contributed by atoms with Gasteiger partial charge in [-0.25, -0.2) is 0 Å². The second-order valence-corrected chi connectivity index (χ2v) is 8.01. The number of aryl methyl sites for hydroxylation is 2. The van der Waals surface area contributed by atoms with Gasteiger partial charge in [0.15, 0.2) is 0 Å². The van der Waals surface area contributed by atoms with Gasteiger partial charge in [0, 0.05) is 35.0 Å². The van der Waals surface area contributed by atoms with Crippen LogP contribution in [-0.4, -0.2) is 35.9 Å². The van der Waals surface area contributed by atoms with Crippen LogP contribution in [0.25, 0.3) is 0 Å². The van der Waals surface area contributed by atoms with Crippen molar-refractivity contribution in [2.24, 2.45) is 11.7 Å². The molecule has 1 amide bonds. The zero-order valence-electron chi connectivity index (χ0n) is 18.4. The number of nitrogen functional groups attached to an aromatic ring is 1. The van der Waals surface area contributed by atoms with Gasteiger partial charge in [-0.05, 0) is 74.2 Å². The highest BCUT2D eigenvalue weighted by Gasteiger charge is 2.34. The summed E-state index contributed by atoms with van der Waals surface area (Å²) in [6, 6.07) is 11.1. The Morgan fingerprint density at radius 2 is 1.88 bits per heavy atom. The van der Waals surface area contributed by atoms with Gasteiger partial charge in [-0.1, -0.05) is 11.8 Å². The van der Waals surface area contributed by atoms with Crippen molar-refractivity contribution in [3.05, 3.63) is 58.7 Å². The second kappa shape index (κ2) is 10.0. The normalized spacial score (nSPS) is 12.4. The first-order valence-corrected chi connectivity index (χ1v) is 10.6. The van der Waals surface area contributed by atoms with E-state index in [1.165, 1.54) is 0 Å². The van der Waals surface area contributed by atoms with Gasteiger partial charge in [-0.15, -0.1) is 0 Å². The van der Waals surface area contributed by atoms with E-state index in [2.05, 4.69) is 17.2 Å². The fourth-order valence-electron chi connectivity index (χ4n) is 3.39. The first-order chi connectivity index (χ1) is 15.3. The van der Waals surface area contributed by atoms with E-state index >= 15 is 0 Å². The third-order valence-corrected chi connectivity index (χ3v) is 5.38. The molecule has 5 N–H and O–H groups in total. The molecule has 0 spiro atoms. The number of carbonyl (C=O) groups excluding carboxylic acids is 1. The van der Waals surface area contributed by atoms with E-state index in [4.69, 9.17) is 16.2 Å². The van der Waals surface area contributed by atoms with Crippen LogP contribution >= 0.6 is 0 Å². The summed E-state index contributed by atoms with van der Waals surface area (Å²) < 4.78 is 0. The number of benzene rings is 2. The number of rotatable bonds is 8. The molecule has 166 valence electrons. The number of carboxylic acid groups (broad SMARTS) is 1. The highest BCUT2D eigenvalue weighted by molar-refractivity contribution is 5.97. The molecule has 2 aromatic rings. The lowest BCUT2D eigenvalue weighted by Gasteiger charge is -2.25. The standard InChI is InChI=1S/C25H28N4O3/c1-16-15-22(29(13-11-23(30)31)25(32)19-5-6-19)17(2)14-20(16)4-3-12-28-21-9-7-18(8-10-21)24(26)27/h7-10,14-15,19,28H,5-6,11-13H2,1-2H3,(H3,26,27)(H,30,31). The lowest BCUT2D eigenvalue weighted by atomic mass is 10.0. The molecule has 7 heteroatoms. The molecule has 0 heterocycles. The van der Waals surface area contributed by atoms with Crippen LogP contribution in [0.4, 0.5) is 11.4 Å². The Morgan fingerprint density at radius 1 is 1.19 bits per heavy atom. The third-order valence-electron chi connectivity index (χ3n) is 5.38. The summed E-state index contributed by atoms with van der Waals surface area (Å²) in [5.74, 6) is 5.41. The van der Waals surface area contributed by atoms with Crippen molar-refractivity contribution in [1.29, 1.82) is 5.41 Å². The van der Waals surface area contributed by atoms with Crippen molar-refractivity contribution in [3.63, 3.8) is 0 Å². The van der Waals surface area contributed by atoms with Crippen molar-refractivity contribution in [1.82, 2.24) is 0 Å². The average Bonchev–Trinajstić information content (AvgIpc) is 3.59. The molecule has 32 heavy (non-hydrogen) atoms. The molecule has 2 aromatic carbocycles. The molecule has 0 aromatic heterocycles. The summed E-state index contributed by atoms with van der Waals surface area (Å²) >= 11 is 0. The fraction of sp³-hybridized carbons (Fsp3) is 0.320. The van der Waals surface area contributed by atoms with Crippen LogP contribution in [-0.2, 0) is 9.59 Å². The van der Waals surface area contributed by atoms with Crippen LogP contribution < -0.4 is 16.0 Å². The summed E-state index contributed by atoms with van der Waals surface area (Å²) in [6.07, 6.45) is 1.65. The zero-order valence-corrected chi connectivity index (χ0v) is 18.4. The molecule has 0 atom stereocenters. The molecule has 0 radical (unpaired) electrons. The number of carboxylic acids is 1. The number of hydrogen-bond acceptors (Lipinski definition) is 4. The topological polar surface area (TPSA) is 120 Å². The minimum Gasteiger partial charge on any atom is -0.481 e. The van der Waals surface area contributed by atoms with E-state index in [-0.39, 0.29) is 30.6 Å². The molecule has 0 saturated heterocycles. The Hall–Kier alpha value is -3.79. The van der Waals surface area contributed by atoms with Gasteiger partial charge in [0.25, 0.3) is 0 Å². The van der Waals surface area contributed by atoms with Gasteiger partial charge in [0.1, 0.15) is 5.84 Å². The summed E-state index contributed by atoms with van der Waals surface area (Å²) in [5, 5.41) is 19.7. The molecule has 0 bridgehead atoms. The van der Waals surface area contributed by atoms with Crippen LogP contribution in [0.15, 0.2) is 36.4 Å². The van der Waals surface area contributed by atoms with E-state index in [1.807, 2.05) is 38.1 Å². The number of nitrogens with zero attached hydrogens (tertiary/aromatic N) is 1. The lowest BCUT2D eigenvalue weighted by Crippen LogP contribution is -2.34. The number of amidine groups is 1. The minimum atomic E-state index is -0.918. The number of nitrogens with one attached hydrogen (secondary N) is 2. The Balaban J connectivity index is 1.71. The highest BCUT2D eigenvalue weighted by atomic mass is 16.4. The molecule has 1 aliphatic carbocycles. The average molecular weight is 433 g/mol. The number of nitrogens with two attached hydrogens (primary N) is 1. The van der Waals surface area contributed by atoms with Gasteiger partial charge in [-0.3, -0.25) is 15.0 Å². The van der Waals surface area contributed by atoms with Crippen molar-refractivity contribution in [2.75, 3.05) is 23.3 Å². The molecule has 0 aliphatic heterocycles. The predicted molar refractivity (Wildman–Crippen MR) is 126 cm³/mol. The summed E-state index contributed by atoms with van der Waals surface area (Å²) in [4.78, 5) is 25.4. The van der Waals surface area contributed by atoms with Gasteiger partial charge in [-0.2, -0.15) is 0 Å². The maximum atomic E-state index is 12.7. The first-order valence-electron chi connectivity index (χ1n) is 10.6. The minimum absolute atomic E-state index is 0.00701. The Labute approximate surface area is 188 Å². The van der Waals surface area contributed by atoms with E-state index in [0.717, 1.165) is 40.9 Å². The Morgan fingerprint density at radius 3 is 2.47 bits per heavy atom. The largest absolute Gasteiger partial charge is 0.481 e. The van der Waals surface area contributed by atoms with E-state index in [9.17, 15) is 9.59 Å². The van der Waals surface area contributed by atoms with Crippen LogP contribution in [0, 0.1) is 37.0 Å². The molecular weight excluding hydrogens is 404 g/mol. The third kappa shape index (κ3) is 5.88. The number of hydrogen-bond donors (Lipinski definition) is 4. The molecule has 7 nitrogen and oxygen atoms in total. The smallest absolute Gasteiger partial charge is 0.305 e. The SMILES string of the molecule is Cc1cc(N(CCC(=O)O)C(=O)C2CC2)c(C)cc1C#CCNc1ccc(C(=N)N)cc1. The molecule has 0 unspecified atom stereocenters. The second-order valence-electron chi connectivity index (χ2n) is 8.01. The van der Waals surface area contributed by atoms with Crippen LogP contribution in [0.1, 0.15) is 41.5 Å². The van der Waals surface area contributed by atoms with Gasteiger partial charge < -0.3 is 21.1 Å². The monoisotopic (exact) mass is 432 g/mol. The summed E-state index contributed by atoms with van der Waals surface area (Å²) in [5.41, 5.74) is 10.5. The van der Waals surface area contributed by atoms with Crippen molar-refractivity contribution >= 4 is 29.1 Å². The maximum absolute atomic E-state index is 12.7. The van der Waals surface area contributed by atoms with E-state index in [0.29, 0.717) is 12.1 Å². The van der Waals surface area contributed by atoms with Crippen molar-refractivity contribution in [3.8, 4) is 11.8 Å². The van der Waals surface area contributed by atoms with E-state index in [1.54, 1.807) is 17.0 Å². The van der Waals surface area contributed by atoms with E-state index < -0.39 is 5.97 Å². The number of amides is 1. The van der Waals surface area contributed by atoms with Gasteiger partial charge in [0.2, 0.25) is 5.91 Å². The number of anilines is 2. The zero-order chi connectivity index (χ0) is 23.3. The van der Waals surface area contributed by atoms with Crippen LogP contribution in [0.3, 0.4) is 0 Å². The Kier molecular flexibility index (Phi) is 7.16. The summed E-state index contributed by atoms with van der Waals surface area (Å²) in [6.45, 7) is 4.48. The van der Waals surface area contributed by atoms with Crippen LogP contribution in [0.5, 0.6) is 0 Å². The lowest BCUT2D eigenvalue weighted by molar-refractivity contribution is -0.136. The van der Waals surface area contributed by atoms with Gasteiger partial charge in [0.05, 0.1) is 13.0 Å². The quantitative estimate of drug-likeness (QED) is 0.290. The van der Waals surface area contributed by atoms with Crippen molar-refractivity contribution in [2.45, 2.75) is 33.1 Å². The fourth-order valence-corrected chi connectivity index (χ4v) is 3.39. The van der Waals surface area contributed by atoms with Crippen molar-refractivity contribution < 1.29 is 14.7 Å². The molecule has 1 saturated carbocycles. The summed E-state index contributed by atoms with van der Waals surface area (Å²) in [7, 11) is 0. The molecule has 3 rings (SSSR count). The highest BCUT2D eigenvalue weighted by Crippen LogP contribution is 2.34. The van der Waals surface area contributed by atoms with Gasteiger partial charge >= 0.3 is 5.97 Å². The maximum Gasteiger partial charge on any atom is 0.305 e. The number of carbonyl (C=O) groups is 2. The molecule has 1 aliphatic rings. The number of aliphatic carboxylic acids is 1. The predicted octanol–water partition coefficient (Wildman–Crippen LogP) is 3.27. The first kappa shape index (κ1) is 22.9.